The molecule has 5 nitrogen and oxygen atoms in total. The molecule has 0 aliphatic heterocycles. The van der Waals surface area contributed by atoms with Gasteiger partial charge < -0.3 is 15.2 Å². The van der Waals surface area contributed by atoms with E-state index in [4.69, 9.17) is 5.11 Å². The van der Waals surface area contributed by atoms with Gasteiger partial charge in [0.15, 0.2) is 0 Å². The molecule has 2 N–H and O–H groups in total. The maximum absolute atomic E-state index is 11.2. The summed E-state index contributed by atoms with van der Waals surface area (Å²) in [6.07, 6.45) is 1.45. The highest BCUT2D eigenvalue weighted by molar-refractivity contribution is 5.84. The number of carbonyl (C=O) groups is 2. The molecule has 0 heterocycles. The third-order valence-electron chi connectivity index (χ3n) is 2.38. The van der Waals surface area contributed by atoms with E-state index >= 15 is 0 Å². The van der Waals surface area contributed by atoms with Crippen LogP contribution in [0.2, 0.25) is 0 Å². The van der Waals surface area contributed by atoms with E-state index in [1.165, 1.54) is 7.11 Å². The Morgan fingerprint density at radius 1 is 1.33 bits per heavy atom. The van der Waals surface area contributed by atoms with Crippen LogP contribution in [-0.2, 0) is 14.3 Å². The van der Waals surface area contributed by atoms with Crippen molar-refractivity contribution >= 4 is 11.9 Å². The molecule has 0 aromatic heterocycles. The van der Waals surface area contributed by atoms with Gasteiger partial charge in [-0.15, -0.1) is 0 Å². The predicted molar refractivity (Wildman–Crippen MR) is 55.5 cm³/mol. The van der Waals surface area contributed by atoms with Crippen molar-refractivity contribution in [1.82, 2.24) is 5.32 Å². The van der Waals surface area contributed by atoms with Gasteiger partial charge in [-0.05, 0) is 5.92 Å². The normalized spacial score (nSPS) is 12.5. The van der Waals surface area contributed by atoms with E-state index in [0.717, 1.165) is 12.8 Å². The Morgan fingerprint density at radius 2 is 1.87 bits per heavy atom. The molecule has 5 heteroatoms. The van der Waals surface area contributed by atoms with Crippen LogP contribution in [0, 0.1) is 5.92 Å². The molecule has 88 valence electrons. The summed E-state index contributed by atoms with van der Waals surface area (Å²) in [6, 6.07) is -0.817. The molecule has 0 aliphatic carbocycles. The lowest BCUT2D eigenvalue weighted by molar-refractivity contribution is -0.144. The van der Waals surface area contributed by atoms with Crippen molar-refractivity contribution < 1.29 is 19.4 Å². The molecular formula is C10H19NO4. The number of rotatable bonds is 7. The standard InChI is InChI=1S/C10H19NO4/c1-4-7(5-2)9(10(13)14)11-8(12)6-15-3/h7,9H,4-6H2,1-3H3,(H,11,12)(H,13,14). The summed E-state index contributed by atoms with van der Waals surface area (Å²) in [7, 11) is 1.40. The van der Waals surface area contributed by atoms with E-state index in [1.54, 1.807) is 0 Å². The van der Waals surface area contributed by atoms with Gasteiger partial charge in [-0.3, -0.25) is 4.79 Å². The smallest absolute Gasteiger partial charge is 0.326 e. The molecule has 0 rings (SSSR count). The van der Waals surface area contributed by atoms with Crippen molar-refractivity contribution in [2.24, 2.45) is 5.92 Å². The molecule has 1 amide bonds. The molecule has 0 aromatic rings. The fourth-order valence-corrected chi connectivity index (χ4v) is 1.49. The lowest BCUT2D eigenvalue weighted by atomic mass is 9.94. The van der Waals surface area contributed by atoms with Gasteiger partial charge in [-0.1, -0.05) is 26.7 Å². The molecule has 15 heavy (non-hydrogen) atoms. The molecule has 0 aromatic carbocycles. The fourth-order valence-electron chi connectivity index (χ4n) is 1.49. The van der Waals surface area contributed by atoms with Gasteiger partial charge in [0.1, 0.15) is 12.6 Å². The summed E-state index contributed by atoms with van der Waals surface area (Å²) in [4.78, 5) is 22.1. The summed E-state index contributed by atoms with van der Waals surface area (Å²) in [5, 5.41) is 11.4. The highest BCUT2D eigenvalue weighted by Gasteiger charge is 2.26. The number of carboxylic acid groups (broad SMARTS) is 1. The Labute approximate surface area is 89.8 Å². The van der Waals surface area contributed by atoms with Crippen molar-refractivity contribution in [2.45, 2.75) is 32.7 Å². The molecule has 1 atom stereocenters. The number of amides is 1. The van der Waals surface area contributed by atoms with Crippen LogP contribution in [0.1, 0.15) is 26.7 Å². The van der Waals surface area contributed by atoms with Gasteiger partial charge >= 0.3 is 5.97 Å². The highest BCUT2D eigenvalue weighted by Crippen LogP contribution is 2.13. The second kappa shape index (κ2) is 7.23. The Kier molecular flexibility index (Phi) is 6.70. The zero-order chi connectivity index (χ0) is 11.8. The van der Waals surface area contributed by atoms with Crippen LogP contribution in [0.5, 0.6) is 0 Å². The largest absolute Gasteiger partial charge is 0.480 e. The Hall–Kier alpha value is -1.10. The van der Waals surface area contributed by atoms with Crippen LogP contribution in [0.25, 0.3) is 0 Å². The number of methoxy groups -OCH3 is 1. The number of hydrogen-bond acceptors (Lipinski definition) is 3. The average molecular weight is 217 g/mol. The fraction of sp³-hybridized carbons (Fsp3) is 0.800. The minimum Gasteiger partial charge on any atom is -0.480 e. The highest BCUT2D eigenvalue weighted by atomic mass is 16.5. The summed E-state index contributed by atoms with van der Waals surface area (Å²) < 4.78 is 4.63. The zero-order valence-electron chi connectivity index (χ0n) is 9.45. The average Bonchev–Trinajstić information content (AvgIpc) is 2.18. The van der Waals surface area contributed by atoms with Crippen molar-refractivity contribution in [2.75, 3.05) is 13.7 Å². The first-order chi connectivity index (χ1) is 7.06. The van der Waals surface area contributed by atoms with E-state index in [9.17, 15) is 9.59 Å². The minimum absolute atomic E-state index is 0.0386. The van der Waals surface area contributed by atoms with Crippen molar-refractivity contribution in [1.29, 1.82) is 0 Å². The number of hydrogen-bond donors (Lipinski definition) is 2. The molecule has 0 aliphatic rings. The minimum atomic E-state index is -0.992. The second-order valence-corrected chi connectivity index (χ2v) is 3.39. The quantitative estimate of drug-likeness (QED) is 0.656. The maximum Gasteiger partial charge on any atom is 0.326 e. The summed E-state index contributed by atoms with van der Waals surface area (Å²) in [6.45, 7) is 3.71. The molecule has 0 spiro atoms. The molecule has 0 bridgehead atoms. The van der Waals surface area contributed by atoms with Gasteiger partial charge in [0, 0.05) is 7.11 Å². The van der Waals surface area contributed by atoms with Gasteiger partial charge in [-0.25, -0.2) is 4.79 Å². The number of aliphatic carboxylic acids is 1. The van der Waals surface area contributed by atoms with E-state index in [2.05, 4.69) is 10.1 Å². The Bertz CT molecular complexity index is 213. The molecular weight excluding hydrogens is 198 g/mol. The third-order valence-corrected chi connectivity index (χ3v) is 2.38. The summed E-state index contributed by atoms with van der Waals surface area (Å²) in [5.74, 6) is -1.42. The van der Waals surface area contributed by atoms with Crippen molar-refractivity contribution in [3.8, 4) is 0 Å². The van der Waals surface area contributed by atoms with E-state index in [0.29, 0.717) is 0 Å². The van der Waals surface area contributed by atoms with Gasteiger partial charge in [0.05, 0.1) is 0 Å². The van der Waals surface area contributed by atoms with Crippen LogP contribution in [0.3, 0.4) is 0 Å². The number of nitrogens with one attached hydrogen (secondary N) is 1. The Morgan fingerprint density at radius 3 is 2.20 bits per heavy atom. The molecule has 0 saturated carbocycles. The van der Waals surface area contributed by atoms with E-state index in [1.807, 2.05) is 13.8 Å². The number of ether oxygens (including phenoxy) is 1. The van der Waals surface area contributed by atoms with Crippen LogP contribution >= 0.6 is 0 Å². The van der Waals surface area contributed by atoms with Crippen molar-refractivity contribution in [3.05, 3.63) is 0 Å². The SMILES string of the molecule is CCC(CC)C(NC(=O)COC)C(=O)O. The van der Waals surface area contributed by atoms with Gasteiger partial charge in [-0.2, -0.15) is 0 Å². The predicted octanol–water partition coefficient (Wildman–Crippen LogP) is 0.638. The maximum atomic E-state index is 11.2. The van der Waals surface area contributed by atoms with E-state index in [-0.39, 0.29) is 12.5 Å². The number of carboxylic acids is 1. The molecule has 1 unspecified atom stereocenters. The molecule has 0 fully saturated rings. The van der Waals surface area contributed by atoms with E-state index < -0.39 is 17.9 Å². The summed E-state index contributed by atoms with van der Waals surface area (Å²) in [5.41, 5.74) is 0. The first kappa shape index (κ1) is 13.9. The monoisotopic (exact) mass is 217 g/mol. The first-order valence-corrected chi connectivity index (χ1v) is 5.07. The lowest BCUT2D eigenvalue weighted by Crippen LogP contribution is -2.46. The zero-order valence-corrected chi connectivity index (χ0v) is 9.45. The van der Waals surface area contributed by atoms with Crippen LogP contribution in [0.4, 0.5) is 0 Å². The molecule has 0 saturated heterocycles. The van der Waals surface area contributed by atoms with Crippen LogP contribution < -0.4 is 5.32 Å². The van der Waals surface area contributed by atoms with Gasteiger partial charge in [0.25, 0.3) is 0 Å². The lowest BCUT2D eigenvalue weighted by Gasteiger charge is -2.22. The summed E-state index contributed by atoms with van der Waals surface area (Å²) >= 11 is 0. The van der Waals surface area contributed by atoms with Gasteiger partial charge in [0.2, 0.25) is 5.91 Å². The van der Waals surface area contributed by atoms with Crippen LogP contribution in [-0.4, -0.2) is 36.7 Å². The third kappa shape index (κ3) is 4.78. The Balaban J connectivity index is 4.39. The number of carbonyl (C=O) groups excluding carboxylic acids is 1. The first-order valence-electron chi connectivity index (χ1n) is 5.07. The molecule has 0 radical (unpaired) electrons. The second-order valence-electron chi connectivity index (χ2n) is 3.39. The van der Waals surface area contributed by atoms with Crippen molar-refractivity contribution in [3.63, 3.8) is 0 Å². The van der Waals surface area contributed by atoms with Crippen LogP contribution in [0.15, 0.2) is 0 Å². The topological polar surface area (TPSA) is 75.6 Å².